The van der Waals surface area contributed by atoms with Crippen LogP contribution in [0.25, 0.3) is 11.1 Å². The highest BCUT2D eigenvalue weighted by molar-refractivity contribution is 7.82. The van der Waals surface area contributed by atoms with Crippen molar-refractivity contribution >= 4 is 71.3 Å². The maximum Gasteiger partial charge on any atom is 0.376 e. The van der Waals surface area contributed by atoms with E-state index in [-0.39, 0.29) is 0 Å². The van der Waals surface area contributed by atoms with Crippen LogP contribution in [-0.2, 0) is 4.57 Å². The Morgan fingerprint density at radius 1 is 0.375 bits per heavy atom. The van der Waals surface area contributed by atoms with Gasteiger partial charge in [0.15, 0.2) is 5.30 Å². The van der Waals surface area contributed by atoms with E-state index in [9.17, 15) is 4.89 Å². The molecule has 0 unspecified atom stereocenters. The second-order valence-corrected chi connectivity index (χ2v) is 18.6. The quantitative estimate of drug-likeness (QED) is 0.163. The van der Waals surface area contributed by atoms with Gasteiger partial charge < -0.3 is 0 Å². The van der Waals surface area contributed by atoms with Crippen LogP contribution in [0.4, 0.5) is 45.5 Å². The van der Waals surface area contributed by atoms with E-state index in [2.05, 4.69) is 70.0 Å². The summed E-state index contributed by atoms with van der Waals surface area (Å²) in [5, 5.41) is 1.49. The van der Waals surface area contributed by atoms with Crippen molar-refractivity contribution in [3.8, 4) is 11.1 Å². The van der Waals surface area contributed by atoms with Crippen molar-refractivity contribution in [3.05, 3.63) is 218 Å². The SMILES string of the molecule is O=P1(c2cccc(-c3cccc([P+]4(O)N(c5ccccc5)c5ccccc5N4c4ccccc4)c3)c2)N(c2ccccc2)c2ccccc2N1c1ccccc1. The normalized spacial score (nSPS) is 15.1. The molecule has 2 aliphatic heterocycles. The van der Waals surface area contributed by atoms with E-state index >= 15 is 4.57 Å². The van der Waals surface area contributed by atoms with Crippen LogP contribution in [0.3, 0.4) is 0 Å². The smallest absolute Gasteiger partial charge is 0.270 e. The van der Waals surface area contributed by atoms with E-state index in [0.29, 0.717) is 5.30 Å². The fourth-order valence-corrected chi connectivity index (χ4v) is 14.2. The molecule has 8 heteroatoms. The maximum absolute atomic E-state index is 16.4. The average Bonchev–Trinajstić information content (AvgIpc) is 3.71. The third-order valence-corrected chi connectivity index (χ3v) is 16.4. The van der Waals surface area contributed by atoms with Crippen molar-refractivity contribution < 1.29 is 9.46 Å². The first-order chi connectivity index (χ1) is 27.6. The molecule has 1 N–H and O–H groups in total. The fourth-order valence-electron chi connectivity index (χ4n) is 8.08. The molecule has 0 amide bonds. The number of anilines is 8. The van der Waals surface area contributed by atoms with Gasteiger partial charge in [0, 0.05) is 11.4 Å². The van der Waals surface area contributed by atoms with E-state index in [4.69, 9.17) is 0 Å². The zero-order valence-electron chi connectivity index (χ0n) is 30.3. The van der Waals surface area contributed by atoms with Crippen molar-refractivity contribution in [2.45, 2.75) is 0 Å². The van der Waals surface area contributed by atoms with E-state index in [1.807, 2.05) is 167 Å². The number of hydrogen-bond donors (Lipinski definition) is 1. The molecule has 0 atom stereocenters. The highest BCUT2D eigenvalue weighted by atomic mass is 31.2. The Hall–Kier alpha value is -6.42. The van der Waals surface area contributed by atoms with Crippen LogP contribution in [0.1, 0.15) is 0 Å². The van der Waals surface area contributed by atoms with E-state index < -0.39 is 15.2 Å². The number of rotatable bonds is 7. The minimum Gasteiger partial charge on any atom is -0.270 e. The molecule has 0 saturated carbocycles. The van der Waals surface area contributed by atoms with Crippen LogP contribution in [0.15, 0.2) is 218 Å². The maximum atomic E-state index is 16.4. The lowest BCUT2D eigenvalue weighted by molar-refractivity contribution is 0.582. The second-order valence-electron chi connectivity index (χ2n) is 13.8. The predicted octanol–water partition coefficient (Wildman–Crippen LogP) is 12.5. The molecule has 0 aromatic heterocycles. The standard InChI is InChI=1S/C48H37N4O2P2/c53-55(49(39-21-5-1-6-22-39)45-31-13-14-32-46(45)50(55)40-23-7-2-8-24-40)43-29-17-19-37(35-43)38-20-18-30-44(36-38)56(54)51(41-25-9-3-10-26-41)47-33-15-16-34-48(47)52(56)42-27-11-4-12-28-42/h1-36,53H/q+1. The van der Waals surface area contributed by atoms with Crippen LogP contribution in [-0.4, -0.2) is 4.89 Å². The zero-order valence-corrected chi connectivity index (χ0v) is 32.1. The molecule has 56 heavy (non-hydrogen) atoms. The molecule has 0 saturated heterocycles. The summed E-state index contributed by atoms with van der Waals surface area (Å²) in [7, 11) is -6.95. The molecule has 0 bridgehead atoms. The Morgan fingerprint density at radius 2 is 0.750 bits per heavy atom. The summed E-state index contributed by atoms with van der Waals surface area (Å²) >= 11 is 0. The monoisotopic (exact) mass is 763 g/mol. The molecular formula is C48H37N4O2P2+. The number of benzene rings is 8. The molecule has 0 aliphatic carbocycles. The van der Waals surface area contributed by atoms with Crippen molar-refractivity contribution in [2.24, 2.45) is 0 Å². The van der Waals surface area contributed by atoms with Crippen molar-refractivity contribution in [1.29, 1.82) is 0 Å². The summed E-state index contributed by atoms with van der Waals surface area (Å²) in [4.78, 5) is 13.6. The first-order valence-corrected chi connectivity index (χ1v) is 21.9. The predicted molar refractivity (Wildman–Crippen MR) is 235 cm³/mol. The van der Waals surface area contributed by atoms with Crippen molar-refractivity contribution in [3.63, 3.8) is 0 Å². The van der Waals surface area contributed by atoms with Crippen LogP contribution < -0.4 is 29.3 Å². The van der Waals surface area contributed by atoms with Gasteiger partial charge in [-0.05, 0) is 108 Å². The van der Waals surface area contributed by atoms with Gasteiger partial charge in [0.05, 0.1) is 28.1 Å². The molecule has 0 radical (unpaired) electrons. The average molecular weight is 764 g/mol. The highest BCUT2D eigenvalue weighted by Crippen LogP contribution is 2.75. The Bertz CT molecular complexity index is 2600. The van der Waals surface area contributed by atoms with Crippen LogP contribution in [0.5, 0.6) is 0 Å². The van der Waals surface area contributed by atoms with Gasteiger partial charge in [-0.1, -0.05) is 121 Å². The summed E-state index contributed by atoms with van der Waals surface area (Å²) in [5.41, 5.74) is 8.96. The van der Waals surface area contributed by atoms with Crippen molar-refractivity contribution in [2.75, 3.05) is 18.7 Å². The molecule has 270 valence electrons. The van der Waals surface area contributed by atoms with Gasteiger partial charge in [-0.25, -0.2) is 0 Å². The first-order valence-electron chi connectivity index (χ1n) is 18.6. The van der Waals surface area contributed by atoms with E-state index in [0.717, 1.165) is 61.9 Å². The Balaban J connectivity index is 1.15. The molecule has 10 rings (SSSR count). The zero-order chi connectivity index (χ0) is 37.7. The number of fused-ring (bicyclic) bond motifs is 2. The van der Waals surface area contributed by atoms with Gasteiger partial charge in [0.1, 0.15) is 11.4 Å². The molecule has 2 heterocycles. The lowest BCUT2D eigenvalue weighted by Crippen LogP contribution is -2.32. The minimum absolute atomic E-state index is 0.697. The van der Waals surface area contributed by atoms with Crippen molar-refractivity contribution in [1.82, 2.24) is 0 Å². The third-order valence-electron chi connectivity index (χ3n) is 10.5. The van der Waals surface area contributed by atoms with Gasteiger partial charge in [0.25, 0.3) is 0 Å². The Kier molecular flexibility index (Phi) is 8.34. The third kappa shape index (κ3) is 5.30. The van der Waals surface area contributed by atoms with Crippen LogP contribution in [0, 0.1) is 0 Å². The number of nitrogens with zero attached hydrogens (tertiary/aromatic N) is 4. The van der Waals surface area contributed by atoms with Gasteiger partial charge >= 0.3 is 15.2 Å². The largest absolute Gasteiger partial charge is 0.376 e. The van der Waals surface area contributed by atoms with Gasteiger partial charge in [-0.15, -0.1) is 0 Å². The molecule has 8 aromatic rings. The minimum atomic E-state index is -3.59. The summed E-state index contributed by atoms with van der Waals surface area (Å²) in [6.07, 6.45) is 0. The fraction of sp³-hybridized carbons (Fsp3) is 0. The lowest BCUT2D eigenvalue weighted by atomic mass is 10.1. The molecule has 6 nitrogen and oxygen atoms in total. The molecule has 8 aromatic carbocycles. The molecule has 2 aliphatic rings. The summed E-state index contributed by atoms with van der Waals surface area (Å²) in [6, 6.07) is 72.9. The summed E-state index contributed by atoms with van der Waals surface area (Å²) in [5.74, 6) is 0. The topological polar surface area (TPSA) is 50.3 Å². The van der Waals surface area contributed by atoms with E-state index in [1.165, 1.54) is 0 Å². The summed E-state index contributed by atoms with van der Waals surface area (Å²) < 4.78 is 24.7. The van der Waals surface area contributed by atoms with Gasteiger partial charge in [0.2, 0.25) is 0 Å². The Morgan fingerprint density at radius 3 is 1.21 bits per heavy atom. The molecule has 0 spiro atoms. The molecule has 0 fully saturated rings. The molecular weight excluding hydrogens is 727 g/mol. The second kappa shape index (κ2) is 13.7. The first kappa shape index (κ1) is 34.1. The van der Waals surface area contributed by atoms with Crippen LogP contribution >= 0.6 is 15.2 Å². The van der Waals surface area contributed by atoms with E-state index in [1.54, 1.807) is 0 Å². The Labute approximate surface area is 327 Å². The highest BCUT2D eigenvalue weighted by Gasteiger charge is 2.61. The number of para-hydroxylation sites is 8. The van der Waals surface area contributed by atoms with Gasteiger partial charge in [-0.3, -0.25) is 13.9 Å². The summed E-state index contributed by atoms with van der Waals surface area (Å²) in [6.45, 7) is 0. The van der Waals surface area contributed by atoms with Gasteiger partial charge in [-0.2, -0.15) is 14.2 Å². The lowest BCUT2D eigenvalue weighted by Gasteiger charge is -2.33. The number of hydrogen-bond acceptors (Lipinski definition) is 4. The van der Waals surface area contributed by atoms with Crippen LogP contribution in [0.2, 0.25) is 0 Å².